The number of alkyl halides is 1. The summed E-state index contributed by atoms with van der Waals surface area (Å²) in [6.07, 6.45) is 0. The maximum absolute atomic E-state index is 9.35. The van der Waals surface area contributed by atoms with Crippen LogP contribution in [0.4, 0.5) is 0 Å². The van der Waals surface area contributed by atoms with Gasteiger partial charge in [0.05, 0.1) is 5.88 Å². The molecule has 1 N–H and O–H groups in total. The van der Waals surface area contributed by atoms with E-state index in [4.69, 9.17) is 27.9 Å². The quantitative estimate of drug-likeness (QED) is 0.844. The van der Waals surface area contributed by atoms with Gasteiger partial charge in [0.2, 0.25) is 0 Å². The van der Waals surface area contributed by atoms with Crippen LogP contribution in [-0.4, -0.2) is 5.11 Å². The molecule has 0 radical (unpaired) electrons. The van der Waals surface area contributed by atoms with Crippen molar-refractivity contribution in [1.82, 2.24) is 0 Å². The molecule has 2 rings (SSSR count). The molecule has 0 aliphatic rings. The average Bonchev–Trinajstić information content (AvgIpc) is 2.37. The Kier molecular flexibility index (Phi) is 4.34. The predicted octanol–water partition coefficient (Wildman–Crippen LogP) is 4.36. The molecule has 0 fully saturated rings. The van der Waals surface area contributed by atoms with E-state index in [9.17, 15) is 5.11 Å². The largest absolute Gasteiger partial charge is 0.508 e. The van der Waals surface area contributed by atoms with Crippen molar-refractivity contribution in [2.24, 2.45) is 0 Å². The van der Waals surface area contributed by atoms with Gasteiger partial charge in [0.15, 0.2) is 0 Å². The van der Waals surface area contributed by atoms with E-state index in [0.29, 0.717) is 23.3 Å². The van der Waals surface area contributed by atoms with E-state index in [1.807, 2.05) is 6.07 Å². The van der Waals surface area contributed by atoms with E-state index in [1.165, 1.54) is 0 Å². The van der Waals surface area contributed by atoms with Crippen molar-refractivity contribution in [2.75, 3.05) is 0 Å². The second-order valence-electron chi connectivity index (χ2n) is 3.84. The Morgan fingerprint density at radius 3 is 2.67 bits per heavy atom. The molecule has 0 heterocycles. The molecule has 0 saturated carbocycles. The SMILES string of the molecule is Oc1cccc(COc2ccc(Cl)cc2CCl)c1. The number of halogens is 2. The van der Waals surface area contributed by atoms with Gasteiger partial charge in [0, 0.05) is 10.6 Å². The third-order valence-corrected chi connectivity index (χ3v) is 2.99. The van der Waals surface area contributed by atoms with Crippen LogP contribution in [0.2, 0.25) is 5.02 Å². The van der Waals surface area contributed by atoms with Gasteiger partial charge in [-0.2, -0.15) is 0 Å². The summed E-state index contributed by atoms with van der Waals surface area (Å²) in [5.41, 5.74) is 1.75. The normalized spacial score (nSPS) is 10.3. The van der Waals surface area contributed by atoms with Gasteiger partial charge in [-0.1, -0.05) is 23.7 Å². The lowest BCUT2D eigenvalue weighted by molar-refractivity contribution is 0.303. The molecule has 0 atom stereocenters. The Balaban J connectivity index is 2.10. The number of phenols is 1. The summed E-state index contributed by atoms with van der Waals surface area (Å²) in [6, 6.07) is 12.3. The zero-order chi connectivity index (χ0) is 13.0. The van der Waals surface area contributed by atoms with E-state index in [-0.39, 0.29) is 5.75 Å². The average molecular weight is 283 g/mol. The molecular weight excluding hydrogens is 271 g/mol. The van der Waals surface area contributed by atoms with E-state index in [0.717, 1.165) is 11.1 Å². The molecule has 18 heavy (non-hydrogen) atoms. The van der Waals surface area contributed by atoms with Crippen molar-refractivity contribution < 1.29 is 9.84 Å². The van der Waals surface area contributed by atoms with Crippen molar-refractivity contribution in [1.29, 1.82) is 0 Å². The van der Waals surface area contributed by atoms with E-state index in [1.54, 1.807) is 36.4 Å². The highest BCUT2D eigenvalue weighted by Gasteiger charge is 2.04. The molecule has 0 spiro atoms. The minimum absolute atomic E-state index is 0.227. The first-order chi connectivity index (χ1) is 8.69. The Labute approximate surface area is 116 Å². The summed E-state index contributed by atoms with van der Waals surface area (Å²) in [5, 5.41) is 9.99. The summed E-state index contributed by atoms with van der Waals surface area (Å²) in [6.45, 7) is 0.375. The van der Waals surface area contributed by atoms with Gasteiger partial charge in [-0.25, -0.2) is 0 Å². The van der Waals surface area contributed by atoms with E-state index in [2.05, 4.69) is 0 Å². The van der Waals surface area contributed by atoms with Gasteiger partial charge in [0.1, 0.15) is 18.1 Å². The van der Waals surface area contributed by atoms with Crippen LogP contribution in [0.1, 0.15) is 11.1 Å². The Hall–Kier alpha value is -1.38. The number of benzene rings is 2. The van der Waals surface area contributed by atoms with Gasteiger partial charge in [0.25, 0.3) is 0 Å². The van der Waals surface area contributed by atoms with Crippen LogP contribution in [0.15, 0.2) is 42.5 Å². The Morgan fingerprint density at radius 2 is 1.94 bits per heavy atom. The fourth-order valence-electron chi connectivity index (χ4n) is 1.60. The van der Waals surface area contributed by atoms with Crippen LogP contribution in [-0.2, 0) is 12.5 Å². The molecule has 4 heteroatoms. The van der Waals surface area contributed by atoms with Gasteiger partial charge >= 0.3 is 0 Å². The van der Waals surface area contributed by atoms with E-state index >= 15 is 0 Å². The van der Waals surface area contributed by atoms with Crippen LogP contribution < -0.4 is 4.74 Å². The highest BCUT2D eigenvalue weighted by atomic mass is 35.5. The molecule has 94 valence electrons. The number of ether oxygens (including phenoxy) is 1. The fraction of sp³-hybridized carbons (Fsp3) is 0.143. The minimum atomic E-state index is 0.227. The summed E-state index contributed by atoms with van der Waals surface area (Å²) in [7, 11) is 0. The topological polar surface area (TPSA) is 29.5 Å². The maximum Gasteiger partial charge on any atom is 0.124 e. The summed E-state index contributed by atoms with van der Waals surface area (Å²) in [5.74, 6) is 1.28. The number of hydrogen-bond acceptors (Lipinski definition) is 2. The second kappa shape index (κ2) is 5.98. The van der Waals surface area contributed by atoms with Crippen LogP contribution >= 0.6 is 23.2 Å². The molecule has 2 aromatic rings. The summed E-state index contributed by atoms with van der Waals surface area (Å²) in [4.78, 5) is 0. The second-order valence-corrected chi connectivity index (χ2v) is 4.55. The molecule has 0 aromatic heterocycles. The fourth-order valence-corrected chi connectivity index (χ4v) is 2.00. The van der Waals surface area contributed by atoms with Crippen LogP contribution in [0.5, 0.6) is 11.5 Å². The van der Waals surface area contributed by atoms with Gasteiger partial charge in [-0.3, -0.25) is 0 Å². The summed E-state index contributed by atoms with van der Waals surface area (Å²) >= 11 is 11.7. The minimum Gasteiger partial charge on any atom is -0.508 e. The Morgan fingerprint density at radius 1 is 1.11 bits per heavy atom. The molecule has 0 bridgehead atoms. The number of aromatic hydroxyl groups is 1. The zero-order valence-corrected chi connectivity index (χ0v) is 11.1. The number of rotatable bonds is 4. The number of hydrogen-bond donors (Lipinski definition) is 1. The van der Waals surface area contributed by atoms with Crippen molar-refractivity contribution in [3.8, 4) is 11.5 Å². The molecule has 0 unspecified atom stereocenters. The third kappa shape index (κ3) is 3.31. The number of phenolic OH excluding ortho intramolecular Hbond substituents is 1. The monoisotopic (exact) mass is 282 g/mol. The molecule has 0 saturated heterocycles. The molecule has 2 aromatic carbocycles. The van der Waals surface area contributed by atoms with Gasteiger partial charge in [-0.05, 0) is 35.9 Å². The molecule has 2 nitrogen and oxygen atoms in total. The highest BCUT2D eigenvalue weighted by Crippen LogP contribution is 2.25. The zero-order valence-electron chi connectivity index (χ0n) is 9.57. The highest BCUT2D eigenvalue weighted by molar-refractivity contribution is 6.30. The third-order valence-electron chi connectivity index (χ3n) is 2.47. The van der Waals surface area contributed by atoms with Gasteiger partial charge in [-0.15, -0.1) is 11.6 Å². The first-order valence-corrected chi connectivity index (χ1v) is 6.35. The Bertz CT molecular complexity index is 541. The first kappa shape index (κ1) is 13.1. The van der Waals surface area contributed by atoms with Crippen LogP contribution in [0, 0.1) is 0 Å². The molecule has 0 aliphatic carbocycles. The maximum atomic E-state index is 9.35. The van der Waals surface area contributed by atoms with E-state index < -0.39 is 0 Å². The standard InChI is InChI=1S/C14H12Cl2O2/c15-8-11-7-12(16)4-5-14(11)18-9-10-2-1-3-13(17)6-10/h1-7,17H,8-9H2. The predicted molar refractivity (Wildman–Crippen MR) is 73.4 cm³/mol. The molecular formula is C14H12Cl2O2. The lowest BCUT2D eigenvalue weighted by Crippen LogP contribution is -1.97. The van der Waals surface area contributed by atoms with Crippen molar-refractivity contribution in [3.63, 3.8) is 0 Å². The van der Waals surface area contributed by atoms with Crippen LogP contribution in [0.3, 0.4) is 0 Å². The smallest absolute Gasteiger partial charge is 0.124 e. The molecule has 0 amide bonds. The van der Waals surface area contributed by atoms with Crippen LogP contribution in [0.25, 0.3) is 0 Å². The van der Waals surface area contributed by atoms with Gasteiger partial charge < -0.3 is 9.84 Å². The van der Waals surface area contributed by atoms with Crippen molar-refractivity contribution in [2.45, 2.75) is 12.5 Å². The lowest BCUT2D eigenvalue weighted by atomic mass is 10.2. The van der Waals surface area contributed by atoms with Crippen molar-refractivity contribution in [3.05, 3.63) is 58.6 Å². The first-order valence-electron chi connectivity index (χ1n) is 5.44. The van der Waals surface area contributed by atoms with Crippen molar-refractivity contribution >= 4 is 23.2 Å². The summed E-state index contributed by atoms with van der Waals surface area (Å²) < 4.78 is 5.67. The lowest BCUT2D eigenvalue weighted by Gasteiger charge is -2.10. The molecule has 0 aliphatic heterocycles.